The van der Waals surface area contributed by atoms with E-state index in [2.05, 4.69) is 142 Å². The normalized spacial score (nSPS) is 11.7. The first-order valence-electron chi connectivity index (χ1n) is 19.6. The third-order valence-corrected chi connectivity index (χ3v) is 11.3. The third kappa shape index (κ3) is 5.36. The van der Waals surface area contributed by atoms with Gasteiger partial charge in [-0.3, -0.25) is 0 Å². The summed E-state index contributed by atoms with van der Waals surface area (Å²) in [6.45, 7) is 0. The molecule has 0 N–H and O–H groups in total. The number of nitrogens with zero attached hydrogens (tertiary/aromatic N) is 6. The predicted molar refractivity (Wildman–Crippen MR) is 238 cm³/mol. The van der Waals surface area contributed by atoms with E-state index in [-0.39, 0.29) is 0 Å². The van der Waals surface area contributed by atoms with Crippen LogP contribution in [0.2, 0.25) is 0 Å². The van der Waals surface area contributed by atoms with Crippen molar-refractivity contribution < 1.29 is 4.42 Å². The second-order valence-corrected chi connectivity index (χ2v) is 14.7. The molecule has 12 rings (SSSR count). The van der Waals surface area contributed by atoms with Crippen molar-refractivity contribution in [2.75, 3.05) is 0 Å². The molecule has 0 spiro atoms. The molecule has 0 amide bonds. The van der Waals surface area contributed by atoms with Crippen molar-refractivity contribution in [3.8, 4) is 56.7 Å². The van der Waals surface area contributed by atoms with Crippen LogP contribution in [0.25, 0.3) is 111 Å². The lowest BCUT2D eigenvalue weighted by molar-refractivity contribution is 0.602. The van der Waals surface area contributed by atoms with E-state index in [0.717, 1.165) is 61.0 Å². The Bertz CT molecular complexity index is 3490. The molecule has 59 heavy (non-hydrogen) atoms. The van der Waals surface area contributed by atoms with Gasteiger partial charge in [0, 0.05) is 44.0 Å². The standard InChI is InChI=1S/C52H32N6O/c1-4-14-33(15-5-1)50-54-51(34-16-6-2-7-17-34)56-52(55-50)43-30-38(31-44-49(43)59-32-53-44)58-46-23-13-11-21-40(46)42-29-36(25-27-48(42)58)35-24-26-47-41(28-35)39-20-10-12-22-45(39)57(47)37-18-8-3-9-19-37/h1-32H. The Morgan fingerprint density at radius 1 is 0.356 bits per heavy atom. The average Bonchev–Trinajstić information content (AvgIpc) is 4.02. The van der Waals surface area contributed by atoms with Gasteiger partial charge in [0.05, 0.1) is 27.6 Å². The third-order valence-electron chi connectivity index (χ3n) is 11.3. The number of fused-ring (bicyclic) bond motifs is 7. The molecule has 0 aliphatic heterocycles. The van der Waals surface area contributed by atoms with Gasteiger partial charge in [0.25, 0.3) is 0 Å². The molecule has 7 heteroatoms. The van der Waals surface area contributed by atoms with Gasteiger partial charge in [-0.15, -0.1) is 0 Å². The number of oxazole rings is 1. The van der Waals surface area contributed by atoms with Gasteiger partial charge >= 0.3 is 0 Å². The first kappa shape index (κ1) is 33.0. The summed E-state index contributed by atoms with van der Waals surface area (Å²) in [5.41, 5.74) is 12.8. The van der Waals surface area contributed by atoms with Crippen LogP contribution in [0.15, 0.2) is 199 Å². The van der Waals surface area contributed by atoms with Crippen molar-refractivity contribution in [3.63, 3.8) is 0 Å². The lowest BCUT2D eigenvalue weighted by atomic mass is 10.0. The molecular formula is C52H32N6O. The summed E-state index contributed by atoms with van der Waals surface area (Å²) < 4.78 is 10.7. The molecule has 4 aromatic heterocycles. The van der Waals surface area contributed by atoms with E-state index in [1.54, 1.807) is 0 Å². The maximum absolute atomic E-state index is 6.07. The molecule has 0 saturated heterocycles. The van der Waals surface area contributed by atoms with Gasteiger partial charge in [0.15, 0.2) is 29.4 Å². The van der Waals surface area contributed by atoms with E-state index in [1.807, 2.05) is 60.7 Å². The number of hydrogen-bond acceptors (Lipinski definition) is 5. The topological polar surface area (TPSA) is 74.6 Å². The zero-order valence-electron chi connectivity index (χ0n) is 31.6. The molecule has 12 aromatic rings. The minimum absolute atomic E-state index is 0.508. The van der Waals surface area contributed by atoms with Crippen LogP contribution >= 0.6 is 0 Å². The molecule has 0 bridgehead atoms. The van der Waals surface area contributed by atoms with Crippen LogP contribution in [0, 0.1) is 0 Å². The van der Waals surface area contributed by atoms with Gasteiger partial charge < -0.3 is 13.6 Å². The molecule has 0 radical (unpaired) electrons. The van der Waals surface area contributed by atoms with Crippen LogP contribution in [0.4, 0.5) is 0 Å². The maximum Gasteiger partial charge on any atom is 0.182 e. The van der Waals surface area contributed by atoms with Crippen LogP contribution in [0.1, 0.15) is 0 Å². The fraction of sp³-hybridized carbons (Fsp3) is 0. The van der Waals surface area contributed by atoms with E-state index in [4.69, 9.17) is 19.4 Å². The monoisotopic (exact) mass is 756 g/mol. The molecule has 8 aromatic carbocycles. The maximum atomic E-state index is 6.07. The quantitative estimate of drug-likeness (QED) is 0.169. The highest BCUT2D eigenvalue weighted by atomic mass is 16.3. The first-order chi connectivity index (χ1) is 29.2. The molecule has 4 heterocycles. The zero-order valence-corrected chi connectivity index (χ0v) is 31.6. The Morgan fingerprint density at radius 2 is 0.831 bits per heavy atom. The van der Waals surface area contributed by atoms with E-state index < -0.39 is 0 Å². The van der Waals surface area contributed by atoms with Crippen molar-refractivity contribution in [1.29, 1.82) is 0 Å². The second kappa shape index (κ2) is 13.2. The molecule has 0 unspecified atom stereocenters. The van der Waals surface area contributed by atoms with Gasteiger partial charge in [0.1, 0.15) is 5.52 Å². The Kier molecular flexibility index (Phi) is 7.40. The molecule has 276 valence electrons. The van der Waals surface area contributed by atoms with E-state index in [9.17, 15) is 0 Å². The molecule has 0 atom stereocenters. The molecule has 7 nitrogen and oxygen atoms in total. The van der Waals surface area contributed by atoms with Gasteiger partial charge in [-0.1, -0.05) is 127 Å². The summed E-state index contributed by atoms with van der Waals surface area (Å²) in [5.74, 6) is 1.67. The predicted octanol–water partition coefficient (Wildman–Crippen LogP) is 12.9. The van der Waals surface area contributed by atoms with Gasteiger partial charge in [-0.25, -0.2) is 19.9 Å². The SMILES string of the molecule is c1ccc(-c2nc(-c3ccccc3)nc(-c3cc(-n4c5ccccc5c5cc(-c6ccc7c(c6)c6ccccc6n7-c6ccccc6)ccc54)cc4ncoc34)n2)cc1. The zero-order chi connectivity index (χ0) is 38.9. The molecule has 0 aliphatic carbocycles. The average molecular weight is 757 g/mol. The van der Waals surface area contributed by atoms with Crippen molar-refractivity contribution in [3.05, 3.63) is 194 Å². The molecule has 0 saturated carbocycles. The summed E-state index contributed by atoms with van der Waals surface area (Å²) >= 11 is 0. The lowest BCUT2D eigenvalue weighted by Crippen LogP contribution is -2.01. The Morgan fingerprint density at radius 3 is 1.41 bits per heavy atom. The molecular weight excluding hydrogens is 725 g/mol. The highest BCUT2D eigenvalue weighted by Gasteiger charge is 2.21. The number of hydrogen-bond donors (Lipinski definition) is 0. The molecule has 0 aliphatic rings. The highest BCUT2D eigenvalue weighted by molar-refractivity contribution is 6.13. The van der Waals surface area contributed by atoms with Gasteiger partial charge in [0.2, 0.25) is 0 Å². The number of para-hydroxylation sites is 3. The minimum atomic E-state index is 0.508. The van der Waals surface area contributed by atoms with Gasteiger partial charge in [-0.2, -0.15) is 0 Å². The fourth-order valence-electron chi connectivity index (χ4n) is 8.62. The lowest BCUT2D eigenvalue weighted by Gasteiger charge is -2.12. The Hall–Kier alpha value is -8.16. The second-order valence-electron chi connectivity index (χ2n) is 14.7. The van der Waals surface area contributed by atoms with Crippen molar-refractivity contribution in [2.24, 2.45) is 0 Å². The number of rotatable bonds is 6. The van der Waals surface area contributed by atoms with Crippen molar-refractivity contribution in [2.45, 2.75) is 0 Å². The van der Waals surface area contributed by atoms with Crippen LogP contribution < -0.4 is 0 Å². The fourth-order valence-corrected chi connectivity index (χ4v) is 8.62. The minimum Gasteiger partial charge on any atom is -0.443 e. The van der Waals surface area contributed by atoms with Crippen LogP contribution in [-0.4, -0.2) is 29.1 Å². The summed E-state index contributed by atoms with van der Waals surface area (Å²) in [6.07, 6.45) is 1.49. The summed E-state index contributed by atoms with van der Waals surface area (Å²) in [5, 5.41) is 4.77. The summed E-state index contributed by atoms with van der Waals surface area (Å²) in [7, 11) is 0. The van der Waals surface area contributed by atoms with Crippen molar-refractivity contribution >= 4 is 54.7 Å². The largest absolute Gasteiger partial charge is 0.443 e. The highest BCUT2D eigenvalue weighted by Crippen LogP contribution is 2.40. The van der Waals surface area contributed by atoms with Crippen LogP contribution in [0.3, 0.4) is 0 Å². The number of benzene rings is 8. The van der Waals surface area contributed by atoms with E-state index >= 15 is 0 Å². The van der Waals surface area contributed by atoms with Gasteiger partial charge in [-0.05, 0) is 71.8 Å². The summed E-state index contributed by atoms with van der Waals surface area (Å²) in [4.78, 5) is 19.7. The van der Waals surface area contributed by atoms with E-state index in [1.165, 1.54) is 28.2 Å². The Labute approximate surface area is 338 Å². The summed E-state index contributed by atoms with van der Waals surface area (Å²) in [6, 6.07) is 65.7. The Balaban J connectivity index is 1.04. The first-order valence-corrected chi connectivity index (χ1v) is 19.6. The smallest absolute Gasteiger partial charge is 0.182 e. The van der Waals surface area contributed by atoms with Crippen molar-refractivity contribution in [1.82, 2.24) is 29.1 Å². The van der Waals surface area contributed by atoms with E-state index in [0.29, 0.717) is 28.6 Å². The van der Waals surface area contributed by atoms with Crippen LogP contribution in [-0.2, 0) is 0 Å². The van der Waals surface area contributed by atoms with Crippen LogP contribution in [0.5, 0.6) is 0 Å². The molecule has 0 fully saturated rings. The number of aromatic nitrogens is 6.